The quantitative estimate of drug-likeness (QED) is 0.855. The second-order valence-corrected chi connectivity index (χ2v) is 5.28. The monoisotopic (exact) mass is 226 g/mol. The minimum absolute atomic E-state index is 0.0694. The molecule has 1 aliphatic heterocycles. The van der Waals surface area contributed by atoms with Crippen LogP contribution >= 0.6 is 11.3 Å². The van der Waals surface area contributed by atoms with Gasteiger partial charge in [-0.3, -0.25) is 0 Å². The van der Waals surface area contributed by atoms with Crippen LogP contribution in [0, 0.1) is 0 Å². The summed E-state index contributed by atoms with van der Waals surface area (Å²) in [5, 5.41) is 12.0. The topological polar surface area (TPSA) is 29.5 Å². The van der Waals surface area contributed by atoms with E-state index in [-0.39, 0.29) is 12.2 Å². The van der Waals surface area contributed by atoms with Gasteiger partial charge in [-0.25, -0.2) is 0 Å². The van der Waals surface area contributed by atoms with E-state index in [1.807, 2.05) is 0 Å². The van der Waals surface area contributed by atoms with Gasteiger partial charge in [0.05, 0.1) is 18.3 Å². The molecular weight excluding hydrogens is 208 g/mol. The summed E-state index contributed by atoms with van der Waals surface area (Å²) in [5.74, 6) is 0. The normalized spacial score (nSPS) is 28.1. The van der Waals surface area contributed by atoms with Crippen LogP contribution in [0.3, 0.4) is 0 Å². The Morgan fingerprint density at radius 1 is 1.60 bits per heavy atom. The molecule has 0 aromatic carbocycles. The average Bonchev–Trinajstić information content (AvgIpc) is 2.84. The molecule has 3 heteroatoms. The first-order valence-electron chi connectivity index (χ1n) is 5.61. The maximum atomic E-state index is 9.95. The van der Waals surface area contributed by atoms with E-state index in [0.717, 1.165) is 25.7 Å². The highest BCUT2D eigenvalue weighted by Crippen LogP contribution is 2.24. The van der Waals surface area contributed by atoms with Gasteiger partial charge in [-0.1, -0.05) is 6.07 Å². The van der Waals surface area contributed by atoms with Crippen molar-refractivity contribution in [2.45, 2.75) is 50.9 Å². The highest BCUT2D eigenvalue weighted by atomic mass is 32.1. The van der Waals surface area contributed by atoms with Gasteiger partial charge in [-0.15, -0.1) is 11.3 Å². The number of aryl methyl sites for hydroxylation is 1. The van der Waals surface area contributed by atoms with E-state index < -0.39 is 0 Å². The van der Waals surface area contributed by atoms with Crippen LogP contribution in [0.15, 0.2) is 17.5 Å². The van der Waals surface area contributed by atoms with Crippen molar-refractivity contribution in [2.75, 3.05) is 0 Å². The van der Waals surface area contributed by atoms with Gasteiger partial charge in [-0.2, -0.15) is 0 Å². The molecule has 0 amide bonds. The van der Waals surface area contributed by atoms with Crippen molar-refractivity contribution >= 4 is 11.3 Å². The fourth-order valence-corrected chi connectivity index (χ4v) is 2.77. The molecule has 3 unspecified atom stereocenters. The lowest BCUT2D eigenvalue weighted by atomic mass is 10.1. The summed E-state index contributed by atoms with van der Waals surface area (Å²) in [5.41, 5.74) is 0. The van der Waals surface area contributed by atoms with E-state index in [9.17, 15) is 5.11 Å². The Bertz CT molecular complexity index is 284. The van der Waals surface area contributed by atoms with Gasteiger partial charge in [0.25, 0.3) is 0 Å². The molecule has 1 aromatic heterocycles. The molecule has 2 rings (SSSR count). The van der Waals surface area contributed by atoms with Crippen molar-refractivity contribution in [1.29, 1.82) is 0 Å². The third-order valence-electron chi connectivity index (χ3n) is 2.96. The van der Waals surface area contributed by atoms with E-state index in [1.165, 1.54) is 4.88 Å². The van der Waals surface area contributed by atoms with Crippen molar-refractivity contribution in [1.82, 2.24) is 0 Å². The van der Waals surface area contributed by atoms with E-state index in [2.05, 4.69) is 24.4 Å². The zero-order chi connectivity index (χ0) is 10.7. The second-order valence-electron chi connectivity index (χ2n) is 4.25. The number of hydrogen-bond acceptors (Lipinski definition) is 3. The molecule has 1 aromatic rings. The van der Waals surface area contributed by atoms with Gasteiger partial charge in [0.15, 0.2) is 0 Å². The van der Waals surface area contributed by atoms with Crippen LogP contribution in [0.1, 0.15) is 31.1 Å². The Labute approximate surface area is 94.9 Å². The largest absolute Gasteiger partial charge is 0.390 e. The lowest BCUT2D eigenvalue weighted by molar-refractivity contribution is -0.0311. The predicted octanol–water partition coefficient (Wildman–Crippen LogP) is 2.61. The van der Waals surface area contributed by atoms with E-state index in [1.54, 1.807) is 11.3 Å². The molecule has 1 aliphatic rings. The molecular formula is C12H18O2S. The Morgan fingerprint density at radius 3 is 3.07 bits per heavy atom. The van der Waals surface area contributed by atoms with Crippen LogP contribution in [0.5, 0.6) is 0 Å². The molecule has 1 N–H and O–H groups in total. The lowest BCUT2D eigenvalue weighted by Crippen LogP contribution is -2.26. The van der Waals surface area contributed by atoms with E-state index in [0.29, 0.717) is 6.10 Å². The van der Waals surface area contributed by atoms with Crippen molar-refractivity contribution in [3.05, 3.63) is 22.4 Å². The maximum absolute atomic E-state index is 9.95. The summed E-state index contributed by atoms with van der Waals surface area (Å²) in [6, 6.07) is 4.18. The van der Waals surface area contributed by atoms with Crippen LogP contribution in [-0.2, 0) is 11.2 Å². The number of aliphatic hydroxyl groups is 1. The van der Waals surface area contributed by atoms with Gasteiger partial charge < -0.3 is 9.84 Å². The highest BCUT2D eigenvalue weighted by molar-refractivity contribution is 7.09. The fourth-order valence-electron chi connectivity index (χ4n) is 2.05. The summed E-state index contributed by atoms with van der Waals surface area (Å²) >= 11 is 1.76. The number of ether oxygens (including phenoxy) is 1. The van der Waals surface area contributed by atoms with Gasteiger partial charge >= 0.3 is 0 Å². The molecule has 1 fully saturated rings. The molecule has 0 bridgehead atoms. The highest BCUT2D eigenvalue weighted by Gasteiger charge is 2.27. The standard InChI is InChI=1S/C12H18O2S/c1-9-4-7-12(14-9)11(13)6-5-10-3-2-8-15-10/h2-3,8-9,11-13H,4-7H2,1H3. The molecule has 2 heterocycles. The smallest absolute Gasteiger partial charge is 0.0838 e. The van der Waals surface area contributed by atoms with Crippen molar-refractivity contribution in [3.8, 4) is 0 Å². The van der Waals surface area contributed by atoms with E-state index in [4.69, 9.17) is 4.74 Å². The molecule has 2 nitrogen and oxygen atoms in total. The molecule has 0 radical (unpaired) electrons. The van der Waals surface area contributed by atoms with Crippen LogP contribution in [0.2, 0.25) is 0 Å². The number of thiophene rings is 1. The van der Waals surface area contributed by atoms with E-state index >= 15 is 0 Å². The SMILES string of the molecule is CC1CCC(C(O)CCc2cccs2)O1. The number of hydrogen-bond donors (Lipinski definition) is 1. The van der Waals surface area contributed by atoms with Gasteiger partial charge in [-0.05, 0) is 44.1 Å². The molecule has 0 saturated carbocycles. The van der Waals surface area contributed by atoms with Crippen LogP contribution in [0.25, 0.3) is 0 Å². The first-order chi connectivity index (χ1) is 7.25. The summed E-state index contributed by atoms with van der Waals surface area (Å²) < 4.78 is 5.65. The van der Waals surface area contributed by atoms with Crippen LogP contribution in [-0.4, -0.2) is 23.4 Å². The summed E-state index contributed by atoms with van der Waals surface area (Å²) in [6.07, 6.45) is 3.97. The Balaban J connectivity index is 1.75. The first kappa shape index (κ1) is 11.1. The second kappa shape index (κ2) is 5.10. The average molecular weight is 226 g/mol. The minimum Gasteiger partial charge on any atom is -0.390 e. The number of aliphatic hydroxyl groups excluding tert-OH is 1. The molecule has 0 spiro atoms. The predicted molar refractivity (Wildman–Crippen MR) is 62.2 cm³/mol. The molecule has 3 atom stereocenters. The molecule has 0 aliphatic carbocycles. The van der Waals surface area contributed by atoms with Gasteiger partial charge in [0.1, 0.15) is 0 Å². The third-order valence-corrected chi connectivity index (χ3v) is 3.90. The minimum atomic E-state index is -0.294. The van der Waals surface area contributed by atoms with Crippen molar-refractivity contribution in [2.24, 2.45) is 0 Å². The third kappa shape index (κ3) is 3.03. The summed E-state index contributed by atoms with van der Waals surface area (Å²) in [4.78, 5) is 1.35. The Kier molecular flexibility index (Phi) is 3.78. The Hall–Kier alpha value is -0.380. The van der Waals surface area contributed by atoms with Crippen molar-refractivity contribution in [3.63, 3.8) is 0 Å². The van der Waals surface area contributed by atoms with Gasteiger partial charge in [0.2, 0.25) is 0 Å². The molecule has 15 heavy (non-hydrogen) atoms. The Morgan fingerprint density at radius 2 is 2.47 bits per heavy atom. The summed E-state index contributed by atoms with van der Waals surface area (Å²) in [6.45, 7) is 2.08. The zero-order valence-electron chi connectivity index (χ0n) is 9.06. The number of rotatable bonds is 4. The fraction of sp³-hybridized carbons (Fsp3) is 0.667. The molecule has 1 saturated heterocycles. The van der Waals surface area contributed by atoms with Gasteiger partial charge in [0, 0.05) is 4.88 Å². The van der Waals surface area contributed by atoms with Crippen LogP contribution in [0.4, 0.5) is 0 Å². The lowest BCUT2D eigenvalue weighted by Gasteiger charge is -2.17. The maximum Gasteiger partial charge on any atom is 0.0838 e. The molecule has 84 valence electrons. The van der Waals surface area contributed by atoms with Crippen LogP contribution < -0.4 is 0 Å². The summed E-state index contributed by atoms with van der Waals surface area (Å²) in [7, 11) is 0. The van der Waals surface area contributed by atoms with Crippen molar-refractivity contribution < 1.29 is 9.84 Å². The zero-order valence-corrected chi connectivity index (χ0v) is 9.87. The first-order valence-corrected chi connectivity index (χ1v) is 6.49.